The minimum atomic E-state index is -3.97. The third kappa shape index (κ3) is 6.20. The zero-order valence-corrected chi connectivity index (χ0v) is 23.0. The molecule has 3 rings (SSSR count). The number of likely N-dealkylation sites (tertiary alicyclic amines) is 1. The van der Waals surface area contributed by atoms with Gasteiger partial charge in [0.1, 0.15) is 17.6 Å². The molecule has 0 aliphatic carbocycles. The van der Waals surface area contributed by atoms with E-state index in [4.69, 9.17) is 9.47 Å². The summed E-state index contributed by atoms with van der Waals surface area (Å²) in [5.74, 6) is -0.751. The van der Waals surface area contributed by atoms with Crippen molar-refractivity contribution in [2.75, 3.05) is 30.7 Å². The van der Waals surface area contributed by atoms with Gasteiger partial charge < -0.3 is 14.4 Å². The van der Waals surface area contributed by atoms with E-state index in [2.05, 4.69) is 19.6 Å². The lowest BCUT2D eigenvalue weighted by Crippen LogP contribution is -2.54. The summed E-state index contributed by atoms with van der Waals surface area (Å²) in [7, 11) is -5.30. The standard InChI is InChI=1S/C24H38N2O6SSi/c1-24(2,3)32-23(28)25-13-11-18(12-14-25)22-21(27)19-9-7-8-10-20(19)26(33(22,29)30)17-31-15-16-34(4,5)6/h7-10,18,22H,11-17H2,1-6H3/q-1. The number of para-hydroxylation sites is 1. The summed E-state index contributed by atoms with van der Waals surface area (Å²) < 4.78 is 39.9. The molecule has 0 aromatic heterocycles. The second kappa shape index (κ2) is 9.99. The van der Waals surface area contributed by atoms with Crippen LogP contribution in [-0.2, 0) is 19.5 Å². The van der Waals surface area contributed by atoms with Crippen LogP contribution in [0.2, 0.25) is 25.7 Å². The average Bonchev–Trinajstić information content (AvgIpc) is 2.71. The Morgan fingerprint density at radius 3 is 2.32 bits per heavy atom. The van der Waals surface area contributed by atoms with Crippen molar-refractivity contribution in [1.29, 1.82) is 0 Å². The van der Waals surface area contributed by atoms with Gasteiger partial charge in [0.2, 0.25) is 10.0 Å². The lowest BCUT2D eigenvalue weighted by atomic mass is 9.88. The molecule has 10 heteroatoms. The zero-order valence-electron chi connectivity index (χ0n) is 21.2. The molecule has 1 atom stereocenters. The molecule has 34 heavy (non-hydrogen) atoms. The predicted molar refractivity (Wildman–Crippen MR) is 135 cm³/mol. The summed E-state index contributed by atoms with van der Waals surface area (Å²) in [5.41, 5.74) is 0.185. The minimum absolute atomic E-state index is 0.107. The lowest BCUT2D eigenvalue weighted by molar-refractivity contribution is 0.0184. The van der Waals surface area contributed by atoms with Crippen LogP contribution in [-0.4, -0.2) is 70.5 Å². The van der Waals surface area contributed by atoms with Gasteiger partial charge in [0, 0.05) is 25.3 Å². The summed E-state index contributed by atoms with van der Waals surface area (Å²) >= 11 is 0. The van der Waals surface area contributed by atoms with E-state index >= 15 is 0 Å². The van der Waals surface area contributed by atoms with E-state index in [1.165, 1.54) is 4.31 Å². The molecule has 1 saturated heterocycles. The van der Waals surface area contributed by atoms with Gasteiger partial charge in [0.25, 0.3) is 0 Å². The molecule has 1 unspecified atom stereocenters. The highest BCUT2D eigenvalue weighted by Crippen LogP contribution is 2.38. The van der Waals surface area contributed by atoms with Gasteiger partial charge in [-0.1, -0.05) is 12.1 Å². The molecule has 1 aromatic rings. The molecule has 8 nitrogen and oxygen atoms in total. The van der Waals surface area contributed by atoms with E-state index < -0.39 is 35.0 Å². The Morgan fingerprint density at radius 2 is 1.74 bits per heavy atom. The Morgan fingerprint density at radius 1 is 1.12 bits per heavy atom. The first-order valence-corrected chi connectivity index (χ1v) is 17.1. The van der Waals surface area contributed by atoms with Crippen molar-refractivity contribution >= 4 is 35.7 Å². The van der Waals surface area contributed by atoms with Crippen LogP contribution < -0.4 is 4.31 Å². The molecular weight excluding hydrogens is 472 g/mol. The molecule has 1 amide bonds. The number of rotatable bonds is 6. The SMILES string of the molecule is CC(C)(C)OC(=O)N1CCC(C2C(=O)c3ccccc3N(COCC[Si-](C)(C)C)S2(=O)=O)CC1. The molecule has 0 spiro atoms. The Balaban J connectivity index is 1.78. The van der Waals surface area contributed by atoms with Crippen molar-refractivity contribution in [2.24, 2.45) is 5.92 Å². The molecule has 0 bridgehead atoms. The second-order valence-corrected chi connectivity index (χ2v) is 18.9. The topological polar surface area (TPSA) is 93.2 Å². The number of carbonyl (C=O) groups excluding carboxylic acids is 2. The maximum atomic E-state index is 13.7. The number of fused-ring (bicyclic) bond motifs is 1. The van der Waals surface area contributed by atoms with Crippen molar-refractivity contribution in [1.82, 2.24) is 4.90 Å². The number of benzene rings is 1. The van der Waals surface area contributed by atoms with Crippen molar-refractivity contribution in [3.63, 3.8) is 0 Å². The minimum Gasteiger partial charge on any atom is -0.444 e. The van der Waals surface area contributed by atoms with Gasteiger partial charge >= 0.3 is 6.09 Å². The Labute approximate surface area is 204 Å². The van der Waals surface area contributed by atoms with Crippen LogP contribution in [0.4, 0.5) is 10.5 Å². The van der Waals surface area contributed by atoms with Crippen LogP contribution in [0.1, 0.15) is 44.0 Å². The van der Waals surface area contributed by atoms with Crippen LogP contribution in [0.3, 0.4) is 0 Å². The maximum absolute atomic E-state index is 13.7. The Bertz CT molecular complexity index is 1010. The summed E-state index contributed by atoms with van der Waals surface area (Å²) in [4.78, 5) is 27.4. The third-order valence-corrected chi connectivity index (χ3v) is 10.0. The fraction of sp³-hybridized carbons (Fsp3) is 0.667. The van der Waals surface area contributed by atoms with Gasteiger partial charge in [0.15, 0.2) is 5.78 Å². The van der Waals surface area contributed by atoms with E-state index in [0.717, 1.165) is 6.04 Å². The third-order valence-electron chi connectivity index (χ3n) is 6.15. The van der Waals surface area contributed by atoms with Crippen LogP contribution in [0, 0.1) is 5.92 Å². The van der Waals surface area contributed by atoms with Crippen LogP contribution >= 0.6 is 0 Å². The number of Topliss-reactive ketones (excluding diaryl/α,β-unsaturated/α-hetero) is 1. The van der Waals surface area contributed by atoms with Gasteiger partial charge in [-0.25, -0.2) is 17.5 Å². The van der Waals surface area contributed by atoms with E-state index in [1.807, 2.05) is 20.8 Å². The van der Waals surface area contributed by atoms with Crippen LogP contribution in [0.25, 0.3) is 0 Å². The number of ketones is 1. The molecule has 0 saturated carbocycles. The van der Waals surface area contributed by atoms with Gasteiger partial charge in [0.05, 0.1) is 5.69 Å². The highest BCUT2D eigenvalue weighted by atomic mass is 32.2. The monoisotopic (exact) mass is 510 g/mol. The predicted octanol–water partition coefficient (Wildman–Crippen LogP) is 4.35. The highest BCUT2D eigenvalue weighted by Gasteiger charge is 2.49. The molecule has 1 aromatic carbocycles. The zero-order chi connectivity index (χ0) is 25.3. The summed E-state index contributed by atoms with van der Waals surface area (Å²) in [6.45, 7) is 13.2. The number of anilines is 1. The number of hydrogen-bond acceptors (Lipinski definition) is 6. The van der Waals surface area contributed by atoms with Crippen molar-refractivity contribution in [3.8, 4) is 0 Å². The largest absolute Gasteiger partial charge is 0.444 e. The Kier molecular flexibility index (Phi) is 7.84. The first-order valence-electron chi connectivity index (χ1n) is 11.9. The summed E-state index contributed by atoms with van der Waals surface area (Å²) in [6.07, 6.45) is 0.425. The smallest absolute Gasteiger partial charge is 0.410 e. The molecule has 1 fully saturated rings. The maximum Gasteiger partial charge on any atom is 0.410 e. The van der Waals surface area contributed by atoms with E-state index in [9.17, 15) is 18.0 Å². The molecule has 0 N–H and O–H groups in total. The van der Waals surface area contributed by atoms with Gasteiger partial charge in [-0.05, 0) is 51.7 Å². The molecule has 191 valence electrons. The summed E-state index contributed by atoms with van der Waals surface area (Å²) in [5, 5.41) is -1.18. The quantitative estimate of drug-likeness (QED) is 0.417. The number of amides is 1. The van der Waals surface area contributed by atoms with Crippen molar-refractivity contribution in [2.45, 2.75) is 70.1 Å². The van der Waals surface area contributed by atoms with E-state index in [-0.39, 0.29) is 18.4 Å². The lowest BCUT2D eigenvalue weighted by Gasteiger charge is -2.40. The Hall–Kier alpha value is -1.91. The second-order valence-electron chi connectivity index (χ2n) is 11.3. The van der Waals surface area contributed by atoms with Gasteiger partial charge in [-0.15, -0.1) is 14.1 Å². The van der Waals surface area contributed by atoms with Crippen molar-refractivity contribution in [3.05, 3.63) is 29.8 Å². The molecular formula is C24H38N2O6SSi-. The van der Waals surface area contributed by atoms with Gasteiger partial charge in [-0.2, -0.15) is 19.6 Å². The number of carbonyl (C=O) groups is 2. The van der Waals surface area contributed by atoms with Crippen LogP contribution in [0.5, 0.6) is 0 Å². The number of piperidine rings is 1. The average molecular weight is 511 g/mol. The molecule has 2 aliphatic heterocycles. The fourth-order valence-electron chi connectivity index (χ4n) is 4.30. The molecule has 2 heterocycles. The van der Waals surface area contributed by atoms with Gasteiger partial charge in [-0.3, -0.25) is 4.79 Å². The fourth-order valence-corrected chi connectivity index (χ4v) is 7.14. The first kappa shape index (κ1) is 26.7. The summed E-state index contributed by atoms with van der Waals surface area (Å²) in [6, 6.07) is 7.75. The molecule has 0 radical (unpaired) electrons. The van der Waals surface area contributed by atoms with Crippen LogP contribution in [0.15, 0.2) is 24.3 Å². The molecule has 2 aliphatic rings. The van der Waals surface area contributed by atoms with Crippen molar-refractivity contribution < 1.29 is 27.5 Å². The first-order chi connectivity index (χ1) is 15.7. The number of nitrogens with zero attached hydrogens (tertiary/aromatic N) is 2. The number of ether oxygens (including phenoxy) is 2. The highest BCUT2D eigenvalue weighted by molar-refractivity contribution is 7.94. The number of hydrogen-bond donors (Lipinski definition) is 0. The van der Waals surface area contributed by atoms with E-state index in [1.54, 1.807) is 29.2 Å². The number of sulfonamides is 1. The van der Waals surface area contributed by atoms with E-state index in [0.29, 0.717) is 43.8 Å². The normalized spacial score (nSPS) is 21.4.